The maximum Gasteiger partial charge on any atom is 0.310 e. The Bertz CT molecular complexity index is 850. The molecule has 0 aromatic rings. The van der Waals surface area contributed by atoms with Gasteiger partial charge in [0.2, 0.25) is 11.8 Å². The van der Waals surface area contributed by atoms with Gasteiger partial charge in [-0.1, -0.05) is 52.7 Å². The topological polar surface area (TPSA) is 87.2 Å². The molecule has 3 heterocycles. The van der Waals surface area contributed by atoms with Gasteiger partial charge in [-0.3, -0.25) is 14.4 Å². The number of nitrogens with zero attached hydrogens (tertiary/aromatic N) is 2. The second-order valence-corrected chi connectivity index (χ2v) is 12.2. The number of carbonyl (C=O) groups is 3. The van der Waals surface area contributed by atoms with Crippen LogP contribution < -0.4 is 0 Å². The van der Waals surface area contributed by atoms with Crippen LogP contribution in [0.3, 0.4) is 0 Å². The van der Waals surface area contributed by atoms with Crippen LogP contribution in [0.2, 0.25) is 0 Å². The Balaban J connectivity index is 2.09. The van der Waals surface area contributed by atoms with Crippen LogP contribution in [0.15, 0.2) is 25.3 Å². The molecule has 0 aliphatic carbocycles. The van der Waals surface area contributed by atoms with E-state index in [0.717, 1.165) is 25.7 Å². The number of fused-ring (bicyclic) bond motifs is 1. The lowest BCUT2D eigenvalue weighted by molar-refractivity contribution is -0.155. The van der Waals surface area contributed by atoms with Crippen LogP contribution in [0.5, 0.6) is 0 Å². The van der Waals surface area contributed by atoms with Crippen LogP contribution in [0.1, 0.15) is 59.8 Å². The number of aliphatic hydroxyl groups excluding tert-OH is 1. The minimum atomic E-state index is -0.728. The number of likely N-dealkylation sites (tertiary alicyclic amines) is 1. The number of carbonyl (C=O) groups excluding carboxylic acids is 3. The molecule has 202 valence electrons. The van der Waals surface area contributed by atoms with Gasteiger partial charge >= 0.3 is 5.97 Å². The standard InChI is InChI=1S/C28H44N2O5S/c1-7-11-14-29(13-9-3)26(33)24-28-19(6)16-21(36-28)22(27(34)35-15-12-8-2)23(28)25(32)30(24)20(17-31)18(5)10-4/h8-9,18-24,31H,2-3,7,10-17H2,1,4-6H3/t18-,19?,20-,21-,22+,23-,24?,28?/m0/s1. The summed E-state index contributed by atoms with van der Waals surface area (Å²) in [6.45, 7) is 16.8. The van der Waals surface area contributed by atoms with Crippen LogP contribution in [-0.4, -0.2) is 81.1 Å². The summed E-state index contributed by atoms with van der Waals surface area (Å²) in [4.78, 5) is 45.4. The molecule has 36 heavy (non-hydrogen) atoms. The molecule has 3 rings (SSSR count). The van der Waals surface area contributed by atoms with Crippen molar-refractivity contribution in [1.29, 1.82) is 0 Å². The maximum absolute atomic E-state index is 14.3. The second-order valence-electron chi connectivity index (χ2n) is 10.6. The van der Waals surface area contributed by atoms with Gasteiger partial charge in [-0.25, -0.2) is 0 Å². The quantitative estimate of drug-likeness (QED) is 0.214. The second kappa shape index (κ2) is 12.2. The molecule has 1 spiro atoms. The van der Waals surface area contributed by atoms with Crippen molar-refractivity contribution >= 4 is 29.5 Å². The average Bonchev–Trinajstić information content (AvgIpc) is 3.46. The molecule has 3 fully saturated rings. The summed E-state index contributed by atoms with van der Waals surface area (Å²) in [6, 6.07) is -1.22. The fourth-order valence-corrected chi connectivity index (χ4v) is 8.88. The number of rotatable bonds is 14. The van der Waals surface area contributed by atoms with E-state index in [0.29, 0.717) is 19.5 Å². The molecule has 0 aromatic heterocycles. The van der Waals surface area contributed by atoms with Crippen LogP contribution in [0, 0.1) is 23.7 Å². The lowest BCUT2D eigenvalue weighted by Crippen LogP contribution is -2.60. The van der Waals surface area contributed by atoms with Crippen molar-refractivity contribution < 1.29 is 24.2 Å². The van der Waals surface area contributed by atoms with E-state index in [2.05, 4.69) is 27.0 Å². The Morgan fingerprint density at radius 2 is 2.06 bits per heavy atom. The van der Waals surface area contributed by atoms with Crippen LogP contribution in [0.4, 0.5) is 0 Å². The van der Waals surface area contributed by atoms with E-state index in [-0.39, 0.29) is 48.1 Å². The maximum atomic E-state index is 14.3. The molecule has 7 nitrogen and oxygen atoms in total. The molecular formula is C28H44N2O5S. The van der Waals surface area contributed by atoms with E-state index in [1.165, 1.54) is 0 Å². The first-order valence-electron chi connectivity index (χ1n) is 13.5. The van der Waals surface area contributed by atoms with Crippen molar-refractivity contribution in [1.82, 2.24) is 9.80 Å². The predicted molar refractivity (Wildman–Crippen MR) is 143 cm³/mol. The smallest absolute Gasteiger partial charge is 0.310 e. The van der Waals surface area contributed by atoms with E-state index in [4.69, 9.17) is 4.74 Å². The average molecular weight is 521 g/mol. The molecule has 3 aliphatic heterocycles. The van der Waals surface area contributed by atoms with Crippen molar-refractivity contribution in [2.75, 3.05) is 26.3 Å². The Labute approximate surface area is 220 Å². The van der Waals surface area contributed by atoms with E-state index in [1.807, 2.05) is 13.8 Å². The fraction of sp³-hybridized carbons (Fsp3) is 0.750. The van der Waals surface area contributed by atoms with Crippen LogP contribution >= 0.6 is 11.8 Å². The first-order valence-corrected chi connectivity index (χ1v) is 14.4. The highest BCUT2D eigenvalue weighted by atomic mass is 32.2. The van der Waals surface area contributed by atoms with Crippen LogP contribution in [-0.2, 0) is 19.1 Å². The minimum Gasteiger partial charge on any atom is -0.465 e. The molecule has 1 N–H and O–H groups in total. The molecule has 8 heteroatoms. The molecule has 3 unspecified atom stereocenters. The Kier molecular flexibility index (Phi) is 9.72. The molecule has 0 aromatic carbocycles. The first-order chi connectivity index (χ1) is 17.2. The number of hydrogen-bond acceptors (Lipinski definition) is 6. The summed E-state index contributed by atoms with van der Waals surface area (Å²) in [5.41, 5.74) is 0. The zero-order valence-electron chi connectivity index (χ0n) is 22.4. The number of aliphatic hydroxyl groups is 1. The number of unbranched alkanes of at least 4 members (excludes halogenated alkanes) is 1. The third kappa shape index (κ3) is 4.75. The predicted octanol–water partition coefficient (Wildman–Crippen LogP) is 3.66. The van der Waals surface area contributed by atoms with Crippen LogP contribution in [0.25, 0.3) is 0 Å². The molecule has 0 radical (unpaired) electrons. The van der Waals surface area contributed by atoms with E-state index in [9.17, 15) is 19.5 Å². The van der Waals surface area contributed by atoms with Gasteiger partial charge in [0, 0.05) is 18.3 Å². The zero-order valence-corrected chi connectivity index (χ0v) is 23.2. The largest absolute Gasteiger partial charge is 0.465 e. The lowest BCUT2D eigenvalue weighted by atomic mass is 9.66. The third-order valence-corrected chi connectivity index (χ3v) is 10.6. The normalized spacial score (nSPS) is 32.2. The summed E-state index contributed by atoms with van der Waals surface area (Å²) in [7, 11) is 0. The monoisotopic (exact) mass is 520 g/mol. The molecule has 3 aliphatic rings. The SMILES string of the molecule is C=CCCOC(=O)[C@@H]1[C@@H]2CC(C)C3(S2)C(C(=O)N(CC=C)CCCC)N([C@@H](CO)[C@@H](C)CC)C(=O)[C@H]13. The van der Waals surface area contributed by atoms with Crippen molar-refractivity contribution in [2.24, 2.45) is 23.7 Å². The van der Waals surface area contributed by atoms with Crippen molar-refractivity contribution in [3.05, 3.63) is 25.3 Å². The summed E-state index contributed by atoms with van der Waals surface area (Å²) < 4.78 is 4.87. The van der Waals surface area contributed by atoms with E-state index < -0.39 is 28.7 Å². The fourth-order valence-electron chi connectivity index (χ4n) is 6.49. The summed E-state index contributed by atoms with van der Waals surface area (Å²) in [5.74, 6) is -1.77. The summed E-state index contributed by atoms with van der Waals surface area (Å²) in [6.07, 6.45) is 7.30. The van der Waals surface area contributed by atoms with Gasteiger partial charge in [0.25, 0.3) is 0 Å². The van der Waals surface area contributed by atoms with E-state index in [1.54, 1.807) is 33.7 Å². The van der Waals surface area contributed by atoms with Gasteiger partial charge in [-0.2, -0.15) is 0 Å². The van der Waals surface area contributed by atoms with Gasteiger partial charge in [0.15, 0.2) is 0 Å². The molecule has 8 atom stereocenters. The van der Waals surface area contributed by atoms with Gasteiger partial charge in [0.05, 0.1) is 35.8 Å². The molecule has 3 saturated heterocycles. The zero-order chi connectivity index (χ0) is 26.6. The summed E-state index contributed by atoms with van der Waals surface area (Å²) >= 11 is 1.65. The Morgan fingerprint density at radius 3 is 2.64 bits per heavy atom. The van der Waals surface area contributed by atoms with Gasteiger partial charge in [-0.15, -0.1) is 24.9 Å². The first kappa shape index (κ1) is 28.8. The summed E-state index contributed by atoms with van der Waals surface area (Å²) in [5, 5.41) is 10.4. The van der Waals surface area contributed by atoms with Crippen molar-refractivity contribution in [2.45, 2.75) is 81.9 Å². The minimum absolute atomic E-state index is 0.00321. The number of esters is 1. The number of thioether (sulfide) groups is 1. The number of amides is 2. The Morgan fingerprint density at radius 1 is 1.33 bits per heavy atom. The van der Waals surface area contributed by atoms with Gasteiger partial charge in [-0.05, 0) is 31.1 Å². The molecule has 0 saturated carbocycles. The number of ether oxygens (including phenoxy) is 1. The van der Waals surface area contributed by atoms with Gasteiger partial charge < -0.3 is 19.6 Å². The highest BCUT2D eigenvalue weighted by molar-refractivity contribution is 8.02. The molecule has 2 amide bonds. The lowest BCUT2D eigenvalue weighted by Gasteiger charge is -2.43. The Hall–Kier alpha value is -1.80. The van der Waals surface area contributed by atoms with Crippen molar-refractivity contribution in [3.8, 4) is 0 Å². The van der Waals surface area contributed by atoms with Crippen molar-refractivity contribution in [3.63, 3.8) is 0 Å². The highest BCUT2D eigenvalue weighted by Gasteiger charge is 2.77. The number of hydrogen-bond donors (Lipinski definition) is 1. The highest BCUT2D eigenvalue weighted by Crippen LogP contribution is 2.69. The third-order valence-electron chi connectivity index (χ3n) is 8.54. The van der Waals surface area contributed by atoms with Gasteiger partial charge in [0.1, 0.15) is 6.04 Å². The molecule has 2 bridgehead atoms. The molecular weight excluding hydrogens is 476 g/mol. The van der Waals surface area contributed by atoms with E-state index >= 15 is 0 Å².